The lowest BCUT2D eigenvalue weighted by molar-refractivity contribution is -0.135. The van der Waals surface area contributed by atoms with Gasteiger partial charge in [0.2, 0.25) is 18.3 Å². The number of hydrogen-bond acceptors (Lipinski definition) is 13. The molecule has 0 fully saturated rings. The average Bonchev–Trinajstić information content (AvgIpc) is 3.70. The minimum atomic E-state index is -0.679. The largest absolute Gasteiger partial charge is 0.492 e. The number of aromatic nitrogens is 2. The number of benzene rings is 1. The van der Waals surface area contributed by atoms with Crippen molar-refractivity contribution in [3.05, 3.63) is 44.8 Å². The van der Waals surface area contributed by atoms with Gasteiger partial charge in [0.1, 0.15) is 11.8 Å². The van der Waals surface area contributed by atoms with Crippen LogP contribution in [0.4, 0.5) is 0 Å². The molecule has 0 aliphatic carbocycles. The lowest BCUT2D eigenvalue weighted by atomic mass is 9.96. The number of fused-ring (bicyclic) bond motifs is 2. The first kappa shape index (κ1) is 26.0. The van der Waals surface area contributed by atoms with Crippen molar-refractivity contribution in [2.24, 2.45) is 10.3 Å². The average molecular weight is 558 g/mol. The van der Waals surface area contributed by atoms with Gasteiger partial charge in [-0.25, -0.2) is 15.2 Å². The summed E-state index contributed by atoms with van der Waals surface area (Å²) in [5, 5.41) is 9.64. The summed E-state index contributed by atoms with van der Waals surface area (Å²) in [6.45, 7) is 1.85. The van der Waals surface area contributed by atoms with Gasteiger partial charge in [0, 0.05) is 41.6 Å². The Morgan fingerprint density at radius 1 is 1.26 bits per heavy atom. The van der Waals surface area contributed by atoms with Crippen LogP contribution in [-0.4, -0.2) is 66.9 Å². The number of esters is 1. The molecule has 1 aromatic carbocycles. The Kier molecular flexibility index (Phi) is 7.31. The molecule has 2 aliphatic rings. The molecule has 2 aromatic heterocycles. The molecular weight excluding hydrogens is 534 g/mol. The number of rotatable bonds is 9. The Morgan fingerprint density at radius 3 is 2.82 bits per heavy atom. The van der Waals surface area contributed by atoms with E-state index in [1.54, 1.807) is 18.5 Å². The Hall–Kier alpha value is -4.66. The van der Waals surface area contributed by atoms with E-state index in [9.17, 15) is 14.4 Å². The van der Waals surface area contributed by atoms with Crippen LogP contribution in [0.25, 0.3) is 4.96 Å². The van der Waals surface area contributed by atoms with E-state index in [0.717, 1.165) is 6.07 Å². The topological polar surface area (TPSA) is 161 Å². The summed E-state index contributed by atoms with van der Waals surface area (Å²) in [4.78, 5) is 47.1. The fourth-order valence-electron chi connectivity index (χ4n) is 4.16. The Bertz CT molecular complexity index is 1560. The third kappa shape index (κ3) is 4.95. The van der Waals surface area contributed by atoms with E-state index >= 15 is 0 Å². The van der Waals surface area contributed by atoms with E-state index in [-0.39, 0.29) is 43.2 Å². The molecule has 0 spiro atoms. The number of hydrazone groups is 1. The van der Waals surface area contributed by atoms with E-state index in [0.29, 0.717) is 39.1 Å². The van der Waals surface area contributed by atoms with Gasteiger partial charge < -0.3 is 28.5 Å². The monoisotopic (exact) mass is 557 g/mol. The molecule has 1 amide bonds. The van der Waals surface area contributed by atoms with E-state index in [1.165, 1.54) is 36.2 Å². The van der Waals surface area contributed by atoms with Gasteiger partial charge in [-0.05, 0) is 6.92 Å². The molecule has 4 heterocycles. The second-order valence-corrected chi connectivity index (χ2v) is 9.02. The number of thiazole rings is 1. The molecule has 3 aromatic rings. The van der Waals surface area contributed by atoms with Crippen LogP contribution in [0, 0.1) is 0 Å². The number of hydrogen-bond donors (Lipinski definition) is 1. The predicted molar refractivity (Wildman–Crippen MR) is 137 cm³/mol. The second-order valence-electron chi connectivity index (χ2n) is 8.15. The fraction of sp³-hybridized carbons (Fsp3) is 0.333. The van der Waals surface area contributed by atoms with Crippen molar-refractivity contribution in [1.82, 2.24) is 14.8 Å². The van der Waals surface area contributed by atoms with Crippen LogP contribution in [0.2, 0.25) is 0 Å². The Labute approximate surface area is 224 Å². The zero-order valence-electron chi connectivity index (χ0n) is 21.1. The zero-order valence-corrected chi connectivity index (χ0v) is 21.9. The van der Waals surface area contributed by atoms with Gasteiger partial charge in [0.05, 0.1) is 27.0 Å². The Balaban J connectivity index is 1.44. The van der Waals surface area contributed by atoms with Crippen molar-refractivity contribution in [2.75, 3.05) is 27.6 Å². The number of amides is 1. The number of carbonyl (C=O) groups is 2. The first-order chi connectivity index (χ1) is 18.9. The summed E-state index contributed by atoms with van der Waals surface area (Å²) in [6.07, 6.45) is 2.83. The maximum Gasteiger partial charge on any atom is 0.356 e. The minimum Gasteiger partial charge on any atom is -0.492 e. The van der Waals surface area contributed by atoms with Gasteiger partial charge in [0.25, 0.3) is 11.5 Å². The molecule has 0 unspecified atom stereocenters. The standard InChI is InChI=1S/C24H23N5O9S/c1-4-35-23(32)16-8-12(38-28-16)7-13-14(19-21(37-11-36-19)20(34-3)18(13)33-2)10-25-27-22(31)15-9-17(30)29-5-6-39-24(29)26-15/h5-6,9-10,12H,4,7-8,11H2,1-3H3,(H,27,31)/b25-10+/t12-/m0/s1. The van der Waals surface area contributed by atoms with Crippen molar-refractivity contribution in [1.29, 1.82) is 0 Å². The number of nitrogens with one attached hydrogen (secondary N) is 1. The maximum absolute atomic E-state index is 12.7. The summed E-state index contributed by atoms with van der Waals surface area (Å²) in [7, 11) is 2.93. The van der Waals surface area contributed by atoms with Gasteiger partial charge in [-0.2, -0.15) is 5.10 Å². The number of oxime groups is 1. The highest BCUT2D eigenvalue weighted by atomic mass is 32.1. The van der Waals surface area contributed by atoms with Gasteiger partial charge in [-0.15, -0.1) is 11.3 Å². The Morgan fingerprint density at radius 2 is 2.05 bits per heavy atom. The summed E-state index contributed by atoms with van der Waals surface area (Å²) >= 11 is 1.22. The number of methoxy groups -OCH3 is 2. The molecular formula is C24H23N5O9S. The summed E-state index contributed by atoms with van der Waals surface area (Å²) < 4.78 is 28.9. The van der Waals surface area contributed by atoms with Crippen molar-refractivity contribution in [2.45, 2.75) is 25.9 Å². The zero-order chi connectivity index (χ0) is 27.5. The minimum absolute atomic E-state index is 0.0732. The molecule has 0 radical (unpaired) electrons. The molecule has 5 rings (SSSR count). The molecule has 15 heteroatoms. The fourth-order valence-corrected chi connectivity index (χ4v) is 4.88. The maximum atomic E-state index is 12.7. The first-order valence-electron chi connectivity index (χ1n) is 11.7. The highest BCUT2D eigenvalue weighted by Gasteiger charge is 2.34. The van der Waals surface area contributed by atoms with Gasteiger partial charge in [-0.1, -0.05) is 5.16 Å². The number of nitrogens with zero attached hydrogens (tertiary/aromatic N) is 4. The highest BCUT2D eigenvalue weighted by molar-refractivity contribution is 7.15. The van der Waals surface area contributed by atoms with Crippen LogP contribution >= 0.6 is 11.3 Å². The third-order valence-corrected chi connectivity index (χ3v) is 6.61. The normalized spacial score (nSPS) is 15.8. The second kappa shape index (κ2) is 11.0. The lowest BCUT2D eigenvalue weighted by Gasteiger charge is -2.19. The first-order valence-corrected chi connectivity index (χ1v) is 12.6. The summed E-state index contributed by atoms with van der Waals surface area (Å²) in [6, 6.07) is 1.12. The van der Waals surface area contributed by atoms with Crippen molar-refractivity contribution in [3.8, 4) is 23.0 Å². The van der Waals surface area contributed by atoms with Crippen LogP contribution in [0.3, 0.4) is 0 Å². The van der Waals surface area contributed by atoms with Gasteiger partial charge in [-0.3, -0.25) is 14.0 Å². The SMILES string of the molecule is CCOC(=O)C1=NO[C@@H](Cc2c(/C=N/NC(=O)c3cc(=O)n4ccsc4n3)c3c(c(OC)c2OC)OCO3)C1. The van der Waals surface area contributed by atoms with E-state index in [2.05, 4.69) is 20.7 Å². The van der Waals surface area contributed by atoms with Crippen molar-refractivity contribution < 1.29 is 38.1 Å². The highest BCUT2D eigenvalue weighted by Crippen LogP contribution is 2.52. The third-order valence-electron chi connectivity index (χ3n) is 5.85. The smallest absolute Gasteiger partial charge is 0.356 e. The summed E-state index contributed by atoms with van der Waals surface area (Å²) in [5.74, 6) is 0.0386. The van der Waals surface area contributed by atoms with Gasteiger partial charge >= 0.3 is 5.97 Å². The molecule has 204 valence electrons. The summed E-state index contributed by atoms with van der Waals surface area (Å²) in [5.41, 5.74) is 3.07. The lowest BCUT2D eigenvalue weighted by Crippen LogP contribution is -2.23. The van der Waals surface area contributed by atoms with Crippen LogP contribution in [0.15, 0.2) is 32.7 Å². The van der Waals surface area contributed by atoms with Crippen LogP contribution < -0.4 is 29.9 Å². The van der Waals surface area contributed by atoms with Crippen LogP contribution in [0.1, 0.15) is 35.0 Å². The van der Waals surface area contributed by atoms with Gasteiger partial charge in [0.15, 0.2) is 22.2 Å². The molecule has 0 saturated carbocycles. The molecule has 1 atom stereocenters. The van der Waals surface area contributed by atoms with E-state index < -0.39 is 18.0 Å². The molecule has 2 aliphatic heterocycles. The van der Waals surface area contributed by atoms with E-state index in [4.69, 9.17) is 28.5 Å². The van der Waals surface area contributed by atoms with Crippen LogP contribution in [-0.2, 0) is 20.8 Å². The number of carbonyl (C=O) groups excluding carboxylic acids is 2. The molecule has 0 saturated heterocycles. The molecule has 1 N–H and O–H groups in total. The molecule has 14 nitrogen and oxygen atoms in total. The molecule has 0 bridgehead atoms. The van der Waals surface area contributed by atoms with Crippen molar-refractivity contribution >= 4 is 40.1 Å². The predicted octanol–water partition coefficient (Wildman–Crippen LogP) is 1.52. The molecule has 39 heavy (non-hydrogen) atoms. The van der Waals surface area contributed by atoms with Crippen LogP contribution in [0.5, 0.6) is 23.0 Å². The number of ether oxygens (including phenoxy) is 5. The van der Waals surface area contributed by atoms with E-state index in [1.807, 2.05) is 0 Å². The quantitative estimate of drug-likeness (QED) is 0.232. The van der Waals surface area contributed by atoms with Crippen molar-refractivity contribution in [3.63, 3.8) is 0 Å².